The van der Waals surface area contributed by atoms with E-state index in [1.54, 1.807) is 72.8 Å². The molecule has 20 aromatic rings. The van der Waals surface area contributed by atoms with E-state index in [4.69, 9.17) is 0 Å². The van der Waals surface area contributed by atoms with Gasteiger partial charge in [-0.3, -0.25) is 57.5 Å². The zero-order chi connectivity index (χ0) is 87.3. The summed E-state index contributed by atoms with van der Waals surface area (Å²) < 4.78 is 80.7. The summed E-state index contributed by atoms with van der Waals surface area (Å²) in [6, 6.07) is 67.7. The van der Waals surface area contributed by atoms with Crippen molar-refractivity contribution in [2.24, 2.45) is 0 Å². The number of hydrogen-bond acceptors (Lipinski definition) is 22. The normalized spacial score (nSPS) is 12.5. The quantitative estimate of drug-likeness (QED) is 0.0375. The number of ketones is 2. The number of H-pyrrole nitrogens is 6. The second-order valence-electron chi connectivity index (χ2n) is 31.2. The largest absolute Gasteiger partial charge is 1.00 e. The topological polar surface area (TPSA) is 472 Å². The average Bonchev–Trinajstić information content (AvgIpc) is 1.67. The third-order valence-electron chi connectivity index (χ3n) is 23.5. The van der Waals surface area contributed by atoms with Crippen molar-refractivity contribution in [3.05, 3.63) is 382 Å². The number of fused-ring (bicyclic) bond motifs is 17. The van der Waals surface area contributed by atoms with E-state index in [9.17, 15) is 77.8 Å². The van der Waals surface area contributed by atoms with Crippen molar-refractivity contribution in [1.29, 1.82) is 0 Å². The maximum atomic E-state index is 13.6. The number of hydrogen-bond donors (Lipinski definition) is 6. The smallest absolute Gasteiger partial charge is 0.870 e. The standard InChI is InChI=1S/C30H18N2O4.C26H20N4O2.C21H13NO5S.C20H10N2O6S2.3Na.2H2O/c33-27-21-7-3-4-8-25(21)31-26-14-23-18(13-24(26)27)12-17-10-9-16(11-22(17)28(23)34)15-32-29(35)19-5-1-2-6-20(19)30(32)36;1-14-9-15(2)30(29-14)13-16-7-8-22-18(10-16)26(32)20-12-23-19(11-24(20)28-22)25(31)17-5-3-4-6-21(17)27-23;23-20-14-4-2-1-3-11(14)7-12-8-16-19(10-15(12)20)22-18-6-5-13(28(25,26)27)9-17(18)21(16)24;23-19-11-3-1-9(29(25)26)5-15(11)21-17-8-14-18(7-13(17)19)22-16-6-10(30(27)28)2-4-12(16)20(14)24;;;;;/h1-11,13-14H,12,15H2,(H,31,33);3-12H,13H2,1-2H3,(H,27,31)(H,28,32);1-6,8-10H,7H2,(H,22,24)(H,25,26,27);1-8H,(H,21,23)(H,22,24);;;;2*1H2/q;;;-2;3*+1;;/p-3. The molecule has 0 atom stereocenters. The third-order valence-corrected chi connectivity index (χ3v) is 25.6. The van der Waals surface area contributed by atoms with E-state index in [1.165, 1.54) is 59.5 Å². The molecule has 8 N–H and O–H groups in total. The van der Waals surface area contributed by atoms with Crippen molar-refractivity contribution in [1.82, 2.24) is 44.6 Å². The Balaban J connectivity index is 0.000000133. The van der Waals surface area contributed by atoms with Crippen molar-refractivity contribution < 1.29 is 149 Å². The van der Waals surface area contributed by atoms with Gasteiger partial charge in [0.2, 0.25) is 0 Å². The van der Waals surface area contributed by atoms with Crippen LogP contribution in [0.3, 0.4) is 0 Å². The molecule has 0 radical (unpaired) electrons. The number of benzene rings is 13. The number of pyridine rings is 6. The summed E-state index contributed by atoms with van der Waals surface area (Å²) in [5, 5.41) is 9.78. The number of aromatic nitrogens is 8. The van der Waals surface area contributed by atoms with Crippen LogP contribution in [0.4, 0.5) is 0 Å². The Morgan fingerprint density at radius 2 is 0.664 bits per heavy atom. The van der Waals surface area contributed by atoms with Gasteiger partial charge in [-0.2, -0.15) is 5.10 Å². The first-order valence-corrected chi connectivity index (χ1v) is 42.9. The van der Waals surface area contributed by atoms with Gasteiger partial charge in [0.25, 0.3) is 11.8 Å². The third kappa shape index (κ3) is 16.6. The fourth-order valence-electron chi connectivity index (χ4n) is 17.3. The van der Waals surface area contributed by atoms with Gasteiger partial charge in [-0.1, -0.05) is 125 Å². The molecule has 2 amide bonds. The number of rotatable bonds is 7. The summed E-state index contributed by atoms with van der Waals surface area (Å²) in [6.45, 7) is 4.69. The molecule has 0 fully saturated rings. The predicted molar refractivity (Wildman–Crippen MR) is 482 cm³/mol. The molecule has 1 aliphatic heterocycles. The molecular formula is C97H62N9Na3O19S3-2. The van der Waals surface area contributed by atoms with Crippen LogP contribution in [0.5, 0.6) is 0 Å². The maximum absolute atomic E-state index is 13.6. The van der Waals surface area contributed by atoms with Crippen LogP contribution in [-0.4, -0.2) is 91.9 Å². The first-order valence-electron chi connectivity index (χ1n) is 39.4. The second kappa shape index (κ2) is 36.1. The fourth-order valence-corrected chi connectivity index (χ4v) is 18.6. The molecule has 632 valence electrons. The van der Waals surface area contributed by atoms with Gasteiger partial charge >= 0.3 is 88.7 Å². The number of amides is 2. The Hall–Kier alpha value is -12.9. The molecular weight excluding hydrogens is 1760 g/mol. The molecule has 7 aromatic heterocycles. The number of imide groups is 1. The molecule has 34 heteroatoms. The van der Waals surface area contributed by atoms with Crippen LogP contribution in [0.15, 0.2) is 286 Å². The molecule has 13 aromatic carbocycles. The number of aromatic amines is 6. The van der Waals surface area contributed by atoms with Gasteiger partial charge in [-0.05, 0) is 209 Å². The summed E-state index contributed by atoms with van der Waals surface area (Å²) in [7, 11) is -9.55. The Kier molecular flexibility index (Phi) is 25.6. The van der Waals surface area contributed by atoms with E-state index in [-0.39, 0.29) is 177 Å². The first-order chi connectivity index (χ1) is 60.6. The van der Waals surface area contributed by atoms with Crippen molar-refractivity contribution >= 4 is 186 Å². The number of carbonyl (C=O) groups is 4. The molecule has 8 heterocycles. The molecule has 2 aliphatic carbocycles. The van der Waals surface area contributed by atoms with Gasteiger partial charge in [0.15, 0.2) is 44.1 Å². The van der Waals surface area contributed by atoms with Crippen LogP contribution in [0.25, 0.3) is 131 Å². The zero-order valence-electron chi connectivity index (χ0n) is 69.8. The van der Waals surface area contributed by atoms with Gasteiger partial charge in [0.1, 0.15) is 10.1 Å². The molecule has 0 spiro atoms. The number of nitrogens with zero attached hydrogens (tertiary/aromatic N) is 3. The Morgan fingerprint density at radius 1 is 0.321 bits per heavy atom. The minimum Gasteiger partial charge on any atom is -0.870 e. The van der Waals surface area contributed by atoms with E-state index in [1.807, 2.05) is 122 Å². The number of carbonyl (C=O) groups excluding carboxylic acids is 4. The minimum atomic E-state index is -4.67. The Bertz CT molecular complexity index is 8970. The van der Waals surface area contributed by atoms with Crippen LogP contribution in [0.1, 0.15) is 97.3 Å². The summed E-state index contributed by atoms with van der Waals surface area (Å²) in [5.41, 5.74) is 15.5. The summed E-state index contributed by atoms with van der Waals surface area (Å²) in [6.07, 6.45) is 1.05. The molecule has 0 unspecified atom stereocenters. The maximum Gasteiger partial charge on any atom is 1.00 e. The van der Waals surface area contributed by atoms with Crippen molar-refractivity contribution in [2.75, 3.05) is 0 Å². The molecule has 0 saturated heterocycles. The van der Waals surface area contributed by atoms with Crippen LogP contribution in [-0.2, 0) is 74.3 Å². The molecule has 131 heavy (non-hydrogen) atoms. The fraction of sp³-hybridized carbons (Fsp3) is 0.0619. The summed E-state index contributed by atoms with van der Waals surface area (Å²) in [4.78, 5) is 150. The first kappa shape index (κ1) is 92.8. The van der Waals surface area contributed by atoms with Crippen LogP contribution < -0.4 is 121 Å². The van der Waals surface area contributed by atoms with Crippen molar-refractivity contribution in [3.63, 3.8) is 0 Å². The van der Waals surface area contributed by atoms with E-state index in [0.717, 1.165) is 67.9 Å². The Labute approximate surface area is 807 Å². The van der Waals surface area contributed by atoms with Gasteiger partial charge in [0.05, 0.1) is 67.9 Å². The monoisotopic (exact) mass is 1820 g/mol. The van der Waals surface area contributed by atoms with Crippen molar-refractivity contribution in [3.8, 4) is 0 Å². The van der Waals surface area contributed by atoms with Gasteiger partial charge in [-0.25, -0.2) is 8.42 Å². The van der Waals surface area contributed by atoms with Crippen LogP contribution in [0.2, 0.25) is 0 Å². The van der Waals surface area contributed by atoms with Gasteiger partial charge in [0, 0.05) is 126 Å². The zero-order valence-corrected chi connectivity index (χ0v) is 78.3. The van der Waals surface area contributed by atoms with Gasteiger partial charge < -0.3 is 62.2 Å². The SMILES string of the molecule is Cc1cc(C)n(Cc2ccc3[nH]c4cc5c(=O)c6ccccc6[nH]c5cc4c(=O)c3c2)n1.O=C1c2cc(CN3C(=O)c4ccccc4C3=O)ccc2Cc2cc3c(=O)c4ccccc4[nH]c3cc21.O=C1c2ccccc2Cc2cc3c(=O)c4cc(S(=O)(=O)[O-])ccc4[nH]c3cc21.O=c1c2ccc([S-](=O)=O)cc2[nH]c2cc3c(=O)c4ccc([S-](=O)=O)cc4[nH]c3cc12.[Na+].[Na+].[Na+].[OH-].[OH-]. The minimum absolute atomic E-state index is 0. The molecule has 28 nitrogen and oxygen atoms in total. The number of aryl methyl sites for hydroxylation is 2. The van der Waals surface area contributed by atoms with Crippen molar-refractivity contribution in [2.45, 2.75) is 54.5 Å². The average molecular weight is 1820 g/mol. The molecule has 0 saturated carbocycles. The van der Waals surface area contributed by atoms with E-state index < -0.39 is 36.4 Å². The summed E-state index contributed by atoms with van der Waals surface area (Å²) >= 11 is 0. The van der Waals surface area contributed by atoms with Crippen LogP contribution in [0, 0.1) is 13.8 Å². The number of nitrogens with one attached hydrogen (secondary N) is 6. The Morgan fingerprint density at radius 3 is 1.12 bits per heavy atom. The van der Waals surface area contributed by atoms with E-state index in [0.29, 0.717) is 167 Å². The summed E-state index contributed by atoms with van der Waals surface area (Å²) in [5.74, 6) is -0.876. The molecule has 23 rings (SSSR count). The van der Waals surface area contributed by atoms with E-state index in [2.05, 4.69) is 35.0 Å². The predicted octanol–water partition coefficient (Wildman–Crippen LogP) is 5.54. The number of para-hydroxylation sites is 2. The van der Waals surface area contributed by atoms with E-state index >= 15 is 0 Å². The second-order valence-corrected chi connectivity index (χ2v) is 34.5. The molecule has 0 bridgehead atoms. The van der Waals surface area contributed by atoms with Gasteiger partial charge in [-0.15, -0.1) is 0 Å². The van der Waals surface area contributed by atoms with Crippen LogP contribution >= 0.6 is 0 Å². The molecule has 3 aliphatic rings.